The molecule has 0 fully saturated rings. The normalized spacial score (nSPS) is 15.4. The van der Waals surface area contributed by atoms with E-state index in [0.717, 1.165) is 12.0 Å². The van der Waals surface area contributed by atoms with Gasteiger partial charge in [0.15, 0.2) is 17.8 Å². The minimum atomic E-state index is -3.51. The van der Waals surface area contributed by atoms with Gasteiger partial charge in [0.1, 0.15) is 23.9 Å². The Hall–Kier alpha value is -2.56. The molecule has 3 atom stereocenters. The van der Waals surface area contributed by atoms with Crippen LogP contribution in [0.3, 0.4) is 0 Å². The molecule has 3 unspecified atom stereocenters. The summed E-state index contributed by atoms with van der Waals surface area (Å²) in [7, 11) is -0.468. The quantitative estimate of drug-likeness (QED) is 0.270. The lowest BCUT2D eigenvalue weighted by molar-refractivity contribution is -0.116. The number of aryl methyl sites for hydroxylation is 1. The molecule has 0 spiro atoms. The van der Waals surface area contributed by atoms with Crippen molar-refractivity contribution in [3.05, 3.63) is 42.5 Å². The highest BCUT2D eigenvalue weighted by Gasteiger charge is 2.32. The van der Waals surface area contributed by atoms with E-state index >= 15 is 0 Å². The molecule has 0 bridgehead atoms. The number of nitrogens with two attached hydrogens (primary N) is 1. The van der Waals surface area contributed by atoms with Gasteiger partial charge in [0.2, 0.25) is 0 Å². The molecule has 0 amide bonds. The molecular weight excluding hydrogens is 459 g/mol. The minimum absolute atomic E-state index is 0.168. The van der Waals surface area contributed by atoms with Crippen molar-refractivity contribution in [2.45, 2.75) is 52.2 Å². The molecule has 0 aliphatic carbocycles. The summed E-state index contributed by atoms with van der Waals surface area (Å²) in [6.45, 7) is 6.15. The average Bonchev–Trinajstić information content (AvgIpc) is 3.22. The zero-order valence-corrected chi connectivity index (χ0v) is 21.1. The average molecular weight is 493 g/mol. The zero-order valence-electron chi connectivity index (χ0n) is 20.2. The molecule has 0 radical (unpaired) electrons. The molecule has 0 aliphatic rings. The largest absolute Gasteiger partial charge is 0.431 e. The fourth-order valence-corrected chi connectivity index (χ4v) is 5.37. The second-order valence-corrected chi connectivity index (χ2v) is 10.0. The molecular formula is C22H33N6O5P. The molecule has 0 aliphatic heterocycles. The van der Waals surface area contributed by atoms with Crippen molar-refractivity contribution in [2.24, 2.45) is 0 Å². The lowest BCUT2D eigenvalue weighted by Gasteiger charge is -2.28. The van der Waals surface area contributed by atoms with Crippen molar-refractivity contribution < 1.29 is 23.3 Å². The number of methoxy groups -OCH3 is 2. The third-order valence-corrected chi connectivity index (χ3v) is 7.04. The number of anilines is 1. The van der Waals surface area contributed by atoms with E-state index in [1.807, 2.05) is 36.6 Å². The number of hydrogen-bond donors (Lipinski definition) is 2. The standard InChI is InChI=1S/C22H33N6O5P/c1-6-17-8-7-9-18(10-17)33-34(29,27-16(3)22(30-4)31-5)14-32-15(2)11-28-13-26-19-20(23)24-12-25-21(19)28/h7-10,12-13,15-16,22H,6,11,14H2,1-5H3,(H,27,29)(H2,23,24,25). The summed E-state index contributed by atoms with van der Waals surface area (Å²) in [6.07, 6.45) is 2.74. The molecule has 34 heavy (non-hydrogen) atoms. The number of rotatable bonds is 13. The third-order valence-electron chi connectivity index (χ3n) is 5.25. The van der Waals surface area contributed by atoms with Gasteiger partial charge in [0.25, 0.3) is 0 Å². The Morgan fingerprint density at radius 1 is 1.18 bits per heavy atom. The van der Waals surface area contributed by atoms with E-state index in [1.165, 1.54) is 20.5 Å². The maximum absolute atomic E-state index is 13.9. The molecule has 3 rings (SSSR count). The van der Waals surface area contributed by atoms with Gasteiger partial charge in [-0.1, -0.05) is 19.1 Å². The van der Waals surface area contributed by atoms with Crippen LogP contribution < -0.4 is 15.3 Å². The fraction of sp³-hybridized carbons (Fsp3) is 0.500. The van der Waals surface area contributed by atoms with Crippen molar-refractivity contribution in [3.8, 4) is 5.75 Å². The smallest absolute Gasteiger partial charge is 0.342 e. The Labute approximate surface area is 199 Å². The van der Waals surface area contributed by atoms with Gasteiger partial charge in [-0.3, -0.25) is 4.57 Å². The molecule has 2 heterocycles. The summed E-state index contributed by atoms with van der Waals surface area (Å²) in [4.78, 5) is 12.5. The maximum Gasteiger partial charge on any atom is 0.342 e. The number of ether oxygens (including phenoxy) is 3. The number of nitrogen functional groups attached to an aromatic ring is 1. The van der Waals surface area contributed by atoms with Crippen LogP contribution >= 0.6 is 7.52 Å². The highest BCUT2D eigenvalue weighted by atomic mass is 31.2. The van der Waals surface area contributed by atoms with E-state index < -0.39 is 19.9 Å². The van der Waals surface area contributed by atoms with Gasteiger partial charge in [-0.15, -0.1) is 0 Å². The number of benzene rings is 1. The molecule has 186 valence electrons. The molecule has 3 N–H and O–H groups in total. The predicted octanol–water partition coefficient (Wildman–Crippen LogP) is 3.20. The Morgan fingerprint density at radius 2 is 1.94 bits per heavy atom. The SMILES string of the molecule is CCc1cccc(OP(=O)(COC(C)Cn2cnc3c(N)ncnc32)NC(C)C(OC)OC)c1. The summed E-state index contributed by atoms with van der Waals surface area (Å²) >= 11 is 0. The Morgan fingerprint density at radius 3 is 2.65 bits per heavy atom. The first-order valence-corrected chi connectivity index (χ1v) is 12.8. The Balaban J connectivity index is 1.74. The molecule has 0 saturated carbocycles. The van der Waals surface area contributed by atoms with E-state index in [9.17, 15) is 4.57 Å². The summed E-state index contributed by atoms with van der Waals surface area (Å²) in [6, 6.07) is 7.08. The lowest BCUT2D eigenvalue weighted by atomic mass is 10.2. The fourth-order valence-electron chi connectivity index (χ4n) is 3.55. The zero-order chi connectivity index (χ0) is 24.7. The first-order valence-electron chi connectivity index (χ1n) is 11.0. The second kappa shape index (κ2) is 11.7. The van der Waals surface area contributed by atoms with Crippen LogP contribution in [0, 0.1) is 0 Å². The second-order valence-electron chi connectivity index (χ2n) is 7.96. The monoisotopic (exact) mass is 492 g/mol. The number of imidazole rings is 1. The molecule has 1 aromatic carbocycles. The molecule has 11 nitrogen and oxygen atoms in total. The number of fused-ring (bicyclic) bond motifs is 1. The van der Waals surface area contributed by atoms with Crippen molar-refractivity contribution in [2.75, 3.05) is 26.3 Å². The Bertz CT molecular complexity index is 1120. The third kappa shape index (κ3) is 6.52. The summed E-state index contributed by atoms with van der Waals surface area (Å²) in [5.41, 5.74) is 8.07. The van der Waals surface area contributed by atoms with E-state index in [4.69, 9.17) is 24.5 Å². The van der Waals surface area contributed by atoms with Gasteiger partial charge in [0.05, 0.1) is 25.0 Å². The summed E-state index contributed by atoms with van der Waals surface area (Å²) in [5, 5.41) is 3.03. The van der Waals surface area contributed by atoms with Crippen LogP contribution in [0.4, 0.5) is 5.82 Å². The van der Waals surface area contributed by atoms with Gasteiger partial charge in [0, 0.05) is 14.2 Å². The highest BCUT2D eigenvalue weighted by Crippen LogP contribution is 2.44. The van der Waals surface area contributed by atoms with E-state index in [0.29, 0.717) is 29.3 Å². The van der Waals surface area contributed by atoms with Crippen LogP contribution in [0.5, 0.6) is 5.75 Å². The molecule has 3 aromatic rings. The van der Waals surface area contributed by atoms with Crippen LogP contribution in [0.2, 0.25) is 0 Å². The maximum atomic E-state index is 13.9. The number of nitrogens with zero attached hydrogens (tertiary/aromatic N) is 4. The van der Waals surface area contributed by atoms with Crippen LogP contribution in [0.25, 0.3) is 11.2 Å². The first kappa shape index (κ1) is 26.1. The van der Waals surface area contributed by atoms with Gasteiger partial charge < -0.3 is 29.0 Å². The van der Waals surface area contributed by atoms with Gasteiger partial charge in [-0.25, -0.2) is 20.0 Å². The Kier molecular flexibility index (Phi) is 8.98. The minimum Gasteiger partial charge on any atom is -0.431 e. The van der Waals surface area contributed by atoms with Gasteiger partial charge >= 0.3 is 7.52 Å². The first-order chi connectivity index (χ1) is 16.3. The van der Waals surface area contributed by atoms with Crippen molar-refractivity contribution >= 4 is 24.5 Å². The van der Waals surface area contributed by atoms with Crippen molar-refractivity contribution in [3.63, 3.8) is 0 Å². The number of hydrogen-bond acceptors (Lipinski definition) is 9. The van der Waals surface area contributed by atoms with Crippen molar-refractivity contribution in [1.82, 2.24) is 24.6 Å². The predicted molar refractivity (Wildman–Crippen MR) is 130 cm³/mol. The van der Waals surface area contributed by atoms with Crippen LogP contribution in [-0.4, -0.2) is 58.5 Å². The molecule has 12 heteroatoms. The number of aromatic nitrogens is 4. The van der Waals surface area contributed by atoms with Crippen LogP contribution in [-0.2, 0) is 31.7 Å². The molecule has 0 saturated heterocycles. The summed E-state index contributed by atoms with van der Waals surface area (Å²) < 4.78 is 38.3. The van der Waals surface area contributed by atoms with Gasteiger partial charge in [-0.2, -0.15) is 0 Å². The lowest BCUT2D eigenvalue weighted by Crippen LogP contribution is -2.39. The highest BCUT2D eigenvalue weighted by molar-refractivity contribution is 7.57. The van der Waals surface area contributed by atoms with Crippen molar-refractivity contribution in [1.29, 1.82) is 0 Å². The topological polar surface area (TPSA) is 136 Å². The van der Waals surface area contributed by atoms with E-state index in [2.05, 4.69) is 20.0 Å². The summed E-state index contributed by atoms with van der Waals surface area (Å²) in [5.74, 6) is 0.811. The molecule has 2 aromatic heterocycles. The van der Waals surface area contributed by atoms with Crippen LogP contribution in [0.1, 0.15) is 26.3 Å². The van der Waals surface area contributed by atoms with E-state index in [1.54, 1.807) is 19.3 Å². The van der Waals surface area contributed by atoms with Gasteiger partial charge in [-0.05, 0) is 38.0 Å². The van der Waals surface area contributed by atoms with E-state index in [-0.39, 0.29) is 12.5 Å². The van der Waals surface area contributed by atoms with Crippen LogP contribution in [0.15, 0.2) is 36.9 Å². The number of nitrogens with one attached hydrogen (secondary N) is 1.